The van der Waals surface area contributed by atoms with Crippen LogP contribution >= 0.6 is 23.2 Å². The van der Waals surface area contributed by atoms with E-state index in [1.165, 1.54) is 18.2 Å². The lowest BCUT2D eigenvalue weighted by Gasteiger charge is -2.13. The summed E-state index contributed by atoms with van der Waals surface area (Å²) in [5.74, 6) is -1.05. The topological polar surface area (TPSA) is 75.3 Å². The van der Waals surface area contributed by atoms with Crippen molar-refractivity contribution >= 4 is 46.2 Å². The average molecular weight is 311 g/mol. The van der Waals surface area contributed by atoms with E-state index in [2.05, 4.69) is 5.32 Å². The van der Waals surface area contributed by atoms with Crippen LogP contribution in [0.25, 0.3) is 0 Å². The summed E-state index contributed by atoms with van der Waals surface area (Å²) in [4.78, 5) is 11.2. The Kier molecular flexibility index (Phi) is 4.06. The van der Waals surface area contributed by atoms with Gasteiger partial charge in [-0.25, -0.2) is 4.79 Å². The van der Waals surface area contributed by atoms with Gasteiger partial charge in [0.1, 0.15) is 0 Å². The summed E-state index contributed by atoms with van der Waals surface area (Å²) in [5.41, 5.74) is 7.96. The van der Waals surface area contributed by atoms with Crippen LogP contribution in [0.3, 0.4) is 0 Å². The van der Waals surface area contributed by atoms with Gasteiger partial charge in [0, 0.05) is 10.7 Å². The van der Waals surface area contributed by atoms with E-state index in [1.807, 2.05) is 6.92 Å². The molecule has 0 aromatic heterocycles. The van der Waals surface area contributed by atoms with E-state index in [0.717, 1.165) is 5.56 Å². The Morgan fingerprint density at radius 1 is 1.15 bits per heavy atom. The minimum absolute atomic E-state index is 0.104. The Balaban J connectivity index is 2.47. The van der Waals surface area contributed by atoms with Crippen molar-refractivity contribution in [2.75, 3.05) is 11.1 Å². The summed E-state index contributed by atoms with van der Waals surface area (Å²) in [6, 6.07) is 7.85. The van der Waals surface area contributed by atoms with Crippen LogP contribution in [0.1, 0.15) is 15.9 Å². The summed E-state index contributed by atoms with van der Waals surface area (Å²) < 4.78 is 0. The van der Waals surface area contributed by atoms with E-state index in [1.54, 1.807) is 12.1 Å². The standard InChI is InChI=1S/C14H12Cl2N2O2/c1-7-4-11(16)13(6-10(7)15)18-12-5-8(17)2-3-9(12)14(19)20/h2-6,18H,17H2,1H3,(H,19,20). The SMILES string of the molecule is Cc1cc(Cl)c(Nc2cc(N)ccc2C(=O)O)cc1Cl. The number of nitrogens with two attached hydrogens (primary N) is 1. The van der Waals surface area contributed by atoms with Crippen molar-refractivity contribution in [1.29, 1.82) is 0 Å². The van der Waals surface area contributed by atoms with E-state index in [0.29, 0.717) is 27.1 Å². The first-order valence-electron chi connectivity index (χ1n) is 5.74. The molecule has 0 atom stereocenters. The molecule has 2 aromatic carbocycles. The molecule has 20 heavy (non-hydrogen) atoms. The number of carboxylic acid groups (broad SMARTS) is 1. The number of nitrogen functional groups attached to an aromatic ring is 1. The lowest BCUT2D eigenvalue weighted by Crippen LogP contribution is -2.04. The summed E-state index contributed by atoms with van der Waals surface area (Å²) in [5, 5.41) is 13.1. The van der Waals surface area contributed by atoms with E-state index in [4.69, 9.17) is 34.0 Å². The highest BCUT2D eigenvalue weighted by Crippen LogP contribution is 2.32. The van der Waals surface area contributed by atoms with Crippen molar-refractivity contribution in [3.8, 4) is 0 Å². The van der Waals surface area contributed by atoms with E-state index < -0.39 is 5.97 Å². The number of carboxylic acids is 1. The summed E-state index contributed by atoms with van der Waals surface area (Å²) in [6.07, 6.45) is 0. The molecular formula is C14H12Cl2N2O2. The van der Waals surface area contributed by atoms with Gasteiger partial charge < -0.3 is 16.2 Å². The Morgan fingerprint density at radius 2 is 1.85 bits per heavy atom. The maximum Gasteiger partial charge on any atom is 0.337 e. The number of hydrogen-bond acceptors (Lipinski definition) is 3. The summed E-state index contributed by atoms with van der Waals surface area (Å²) in [7, 11) is 0. The second-order valence-electron chi connectivity index (χ2n) is 4.32. The lowest BCUT2D eigenvalue weighted by atomic mass is 10.1. The predicted molar refractivity (Wildman–Crippen MR) is 82.3 cm³/mol. The molecule has 0 aliphatic heterocycles. The van der Waals surface area contributed by atoms with Crippen LogP contribution in [0.2, 0.25) is 10.0 Å². The van der Waals surface area contributed by atoms with Gasteiger partial charge in [-0.1, -0.05) is 23.2 Å². The Labute approximate surface area is 126 Å². The Bertz CT molecular complexity index is 687. The van der Waals surface area contributed by atoms with Crippen LogP contribution in [0.4, 0.5) is 17.1 Å². The van der Waals surface area contributed by atoms with Crippen molar-refractivity contribution in [2.24, 2.45) is 0 Å². The molecule has 104 valence electrons. The van der Waals surface area contributed by atoms with Crippen LogP contribution < -0.4 is 11.1 Å². The normalized spacial score (nSPS) is 10.3. The van der Waals surface area contributed by atoms with Gasteiger partial charge in [0.25, 0.3) is 0 Å². The number of carbonyl (C=O) groups is 1. The zero-order valence-electron chi connectivity index (χ0n) is 10.6. The second kappa shape index (κ2) is 5.61. The molecule has 6 heteroatoms. The van der Waals surface area contributed by atoms with Gasteiger partial charge in [0.05, 0.1) is 22.0 Å². The van der Waals surface area contributed by atoms with Crippen molar-refractivity contribution in [3.05, 3.63) is 51.5 Å². The fourth-order valence-corrected chi connectivity index (χ4v) is 2.17. The number of aryl methyl sites for hydroxylation is 1. The van der Waals surface area contributed by atoms with Crippen molar-refractivity contribution < 1.29 is 9.90 Å². The van der Waals surface area contributed by atoms with Gasteiger partial charge in [0.2, 0.25) is 0 Å². The number of benzene rings is 2. The van der Waals surface area contributed by atoms with Crippen LogP contribution in [-0.2, 0) is 0 Å². The number of halogens is 2. The van der Waals surface area contributed by atoms with Crippen LogP contribution in [-0.4, -0.2) is 11.1 Å². The quantitative estimate of drug-likeness (QED) is 0.738. The maximum absolute atomic E-state index is 11.2. The molecule has 0 aliphatic rings. The first kappa shape index (κ1) is 14.5. The number of hydrogen-bond donors (Lipinski definition) is 3. The predicted octanol–water partition coefficient (Wildman–Crippen LogP) is 4.33. The van der Waals surface area contributed by atoms with Gasteiger partial charge in [0.15, 0.2) is 0 Å². The third kappa shape index (κ3) is 2.98. The Hall–Kier alpha value is -1.91. The lowest BCUT2D eigenvalue weighted by molar-refractivity contribution is 0.0698. The molecule has 0 heterocycles. The second-order valence-corrected chi connectivity index (χ2v) is 5.13. The molecule has 0 aliphatic carbocycles. The maximum atomic E-state index is 11.2. The highest BCUT2D eigenvalue weighted by atomic mass is 35.5. The smallest absolute Gasteiger partial charge is 0.337 e. The van der Waals surface area contributed by atoms with Gasteiger partial charge >= 0.3 is 5.97 Å². The first-order chi connectivity index (χ1) is 9.38. The largest absolute Gasteiger partial charge is 0.478 e. The highest BCUT2D eigenvalue weighted by molar-refractivity contribution is 6.35. The molecule has 2 aromatic rings. The molecule has 4 N–H and O–H groups in total. The van der Waals surface area contributed by atoms with E-state index >= 15 is 0 Å². The van der Waals surface area contributed by atoms with E-state index in [-0.39, 0.29) is 5.56 Å². The zero-order chi connectivity index (χ0) is 14.9. The Morgan fingerprint density at radius 3 is 2.50 bits per heavy atom. The van der Waals surface area contributed by atoms with Gasteiger partial charge in [-0.15, -0.1) is 0 Å². The minimum Gasteiger partial charge on any atom is -0.478 e. The van der Waals surface area contributed by atoms with Crippen LogP contribution in [0.5, 0.6) is 0 Å². The van der Waals surface area contributed by atoms with Crippen molar-refractivity contribution in [1.82, 2.24) is 0 Å². The van der Waals surface area contributed by atoms with Gasteiger partial charge in [-0.3, -0.25) is 0 Å². The van der Waals surface area contributed by atoms with E-state index in [9.17, 15) is 4.79 Å². The number of rotatable bonds is 3. The molecule has 0 unspecified atom stereocenters. The molecule has 4 nitrogen and oxygen atoms in total. The van der Waals surface area contributed by atoms with Gasteiger partial charge in [-0.05, 0) is 42.8 Å². The molecule has 2 rings (SSSR count). The zero-order valence-corrected chi connectivity index (χ0v) is 12.1. The van der Waals surface area contributed by atoms with Crippen LogP contribution in [0.15, 0.2) is 30.3 Å². The highest BCUT2D eigenvalue weighted by Gasteiger charge is 2.12. The summed E-state index contributed by atoms with van der Waals surface area (Å²) in [6.45, 7) is 1.83. The minimum atomic E-state index is -1.05. The van der Waals surface area contributed by atoms with Crippen molar-refractivity contribution in [2.45, 2.75) is 6.92 Å². The fraction of sp³-hybridized carbons (Fsp3) is 0.0714. The van der Waals surface area contributed by atoms with Gasteiger partial charge in [-0.2, -0.15) is 0 Å². The average Bonchev–Trinajstić information content (AvgIpc) is 2.35. The first-order valence-corrected chi connectivity index (χ1v) is 6.49. The fourth-order valence-electron chi connectivity index (χ4n) is 1.74. The van der Waals surface area contributed by atoms with Crippen molar-refractivity contribution in [3.63, 3.8) is 0 Å². The number of aromatic carboxylic acids is 1. The molecule has 0 radical (unpaired) electrons. The molecule has 0 bridgehead atoms. The molecule has 0 saturated carbocycles. The molecule has 0 amide bonds. The molecule has 0 fully saturated rings. The molecule has 0 spiro atoms. The monoisotopic (exact) mass is 310 g/mol. The third-order valence-corrected chi connectivity index (χ3v) is 3.51. The molecular weight excluding hydrogens is 299 g/mol. The third-order valence-electron chi connectivity index (χ3n) is 2.79. The number of anilines is 3. The number of nitrogens with one attached hydrogen (secondary N) is 1. The molecule has 0 saturated heterocycles. The summed E-state index contributed by atoms with van der Waals surface area (Å²) >= 11 is 12.2. The van der Waals surface area contributed by atoms with Crippen LogP contribution in [0, 0.1) is 6.92 Å².